The van der Waals surface area contributed by atoms with Crippen LogP contribution in [0.5, 0.6) is 0 Å². The summed E-state index contributed by atoms with van der Waals surface area (Å²) in [6.07, 6.45) is 4.20. The van der Waals surface area contributed by atoms with Gasteiger partial charge in [0, 0.05) is 16.8 Å². The first-order valence-electron chi connectivity index (χ1n) is 5.62. The molecule has 3 heteroatoms. The Kier molecular flexibility index (Phi) is 3.14. The van der Waals surface area contributed by atoms with E-state index in [1.54, 1.807) is 11.3 Å². The molecule has 1 aliphatic carbocycles. The fourth-order valence-electron chi connectivity index (χ4n) is 2.61. The third-order valence-corrected chi connectivity index (χ3v) is 4.81. The van der Waals surface area contributed by atoms with Gasteiger partial charge < -0.3 is 10.8 Å². The highest BCUT2D eigenvalue weighted by Crippen LogP contribution is 2.48. The highest BCUT2D eigenvalue weighted by molar-refractivity contribution is 7.10. The molecule has 2 rings (SSSR count). The summed E-state index contributed by atoms with van der Waals surface area (Å²) < 4.78 is 0. The summed E-state index contributed by atoms with van der Waals surface area (Å²) in [6.45, 7) is 2.67. The highest BCUT2D eigenvalue weighted by atomic mass is 32.1. The summed E-state index contributed by atoms with van der Waals surface area (Å²) in [6, 6.07) is 2.07. The first-order valence-corrected chi connectivity index (χ1v) is 6.50. The highest BCUT2D eigenvalue weighted by Gasteiger charge is 2.41. The van der Waals surface area contributed by atoms with Gasteiger partial charge in [-0.1, -0.05) is 12.8 Å². The molecule has 0 saturated heterocycles. The van der Waals surface area contributed by atoms with Crippen molar-refractivity contribution in [1.82, 2.24) is 0 Å². The normalized spacial score (nSPS) is 21.8. The fraction of sp³-hybridized carbons (Fsp3) is 0.667. The molecule has 1 saturated carbocycles. The number of aliphatic hydroxyl groups excluding tert-OH is 1. The second kappa shape index (κ2) is 4.24. The molecule has 0 aromatic carbocycles. The molecule has 0 aliphatic heterocycles. The van der Waals surface area contributed by atoms with Crippen molar-refractivity contribution in [2.75, 3.05) is 6.54 Å². The van der Waals surface area contributed by atoms with Gasteiger partial charge in [0.15, 0.2) is 0 Å². The van der Waals surface area contributed by atoms with Gasteiger partial charge in [-0.2, -0.15) is 0 Å². The molecule has 0 spiro atoms. The predicted octanol–water partition coefficient (Wildman–Crippen LogP) is 2.61. The van der Waals surface area contributed by atoms with Crippen LogP contribution in [0.4, 0.5) is 0 Å². The minimum Gasteiger partial charge on any atom is -0.387 e. The van der Waals surface area contributed by atoms with E-state index in [1.165, 1.54) is 18.4 Å². The SMILES string of the molecule is Cc1ccsc1C(O)C1(CN)CCCC1. The molecule has 0 radical (unpaired) electrons. The molecule has 1 atom stereocenters. The maximum absolute atomic E-state index is 10.5. The van der Waals surface area contributed by atoms with Crippen LogP contribution >= 0.6 is 11.3 Å². The van der Waals surface area contributed by atoms with Crippen molar-refractivity contribution in [3.05, 3.63) is 21.9 Å². The number of aryl methyl sites for hydroxylation is 1. The van der Waals surface area contributed by atoms with E-state index in [2.05, 4.69) is 13.0 Å². The Hall–Kier alpha value is -0.380. The molecule has 0 amide bonds. The monoisotopic (exact) mass is 225 g/mol. The molecule has 15 heavy (non-hydrogen) atoms. The zero-order valence-corrected chi connectivity index (χ0v) is 10.0. The molecule has 1 aromatic heterocycles. The Labute approximate surface area is 95.1 Å². The number of hydrogen-bond donors (Lipinski definition) is 2. The third kappa shape index (κ3) is 1.84. The fourth-order valence-corrected chi connectivity index (χ4v) is 3.66. The van der Waals surface area contributed by atoms with Crippen LogP contribution in [0.15, 0.2) is 11.4 Å². The van der Waals surface area contributed by atoms with E-state index < -0.39 is 0 Å². The van der Waals surface area contributed by atoms with Crippen molar-refractivity contribution in [2.24, 2.45) is 11.1 Å². The summed E-state index contributed by atoms with van der Waals surface area (Å²) in [5.74, 6) is 0. The number of rotatable bonds is 3. The molecule has 2 nitrogen and oxygen atoms in total. The number of nitrogens with two attached hydrogens (primary N) is 1. The second-order valence-corrected chi connectivity index (χ2v) is 5.59. The lowest BCUT2D eigenvalue weighted by molar-refractivity contribution is 0.0357. The van der Waals surface area contributed by atoms with Crippen LogP contribution in [-0.4, -0.2) is 11.7 Å². The van der Waals surface area contributed by atoms with Crippen molar-refractivity contribution in [2.45, 2.75) is 38.7 Å². The maximum atomic E-state index is 10.5. The van der Waals surface area contributed by atoms with E-state index in [9.17, 15) is 5.11 Å². The Morgan fingerprint density at radius 3 is 2.67 bits per heavy atom. The van der Waals surface area contributed by atoms with Gasteiger partial charge >= 0.3 is 0 Å². The van der Waals surface area contributed by atoms with E-state index >= 15 is 0 Å². The van der Waals surface area contributed by atoms with Crippen LogP contribution < -0.4 is 5.73 Å². The lowest BCUT2D eigenvalue weighted by Crippen LogP contribution is -2.34. The average molecular weight is 225 g/mol. The van der Waals surface area contributed by atoms with Crippen LogP contribution in [0.2, 0.25) is 0 Å². The van der Waals surface area contributed by atoms with Crippen LogP contribution in [0.1, 0.15) is 42.2 Å². The Morgan fingerprint density at radius 2 is 2.20 bits per heavy atom. The van der Waals surface area contributed by atoms with Crippen LogP contribution in [0.25, 0.3) is 0 Å². The van der Waals surface area contributed by atoms with Crippen molar-refractivity contribution in [3.8, 4) is 0 Å². The molecule has 1 unspecified atom stereocenters. The summed E-state index contributed by atoms with van der Waals surface area (Å²) in [4.78, 5) is 1.11. The van der Waals surface area contributed by atoms with E-state index in [-0.39, 0.29) is 11.5 Å². The molecule has 1 aromatic rings. The summed E-state index contributed by atoms with van der Waals surface area (Å²) in [7, 11) is 0. The Bertz CT molecular complexity index is 328. The van der Waals surface area contributed by atoms with Gasteiger partial charge in [0.2, 0.25) is 0 Å². The molecule has 3 N–H and O–H groups in total. The van der Waals surface area contributed by atoms with Gasteiger partial charge in [0.25, 0.3) is 0 Å². The Balaban J connectivity index is 2.26. The topological polar surface area (TPSA) is 46.2 Å². The Morgan fingerprint density at radius 1 is 1.53 bits per heavy atom. The maximum Gasteiger partial charge on any atom is 0.0952 e. The van der Waals surface area contributed by atoms with Crippen LogP contribution in [0, 0.1) is 12.3 Å². The van der Waals surface area contributed by atoms with Gasteiger partial charge in [-0.15, -0.1) is 11.3 Å². The predicted molar refractivity (Wildman–Crippen MR) is 64.0 cm³/mol. The third-order valence-electron chi connectivity index (χ3n) is 3.74. The summed E-state index contributed by atoms with van der Waals surface area (Å²) >= 11 is 1.65. The van der Waals surface area contributed by atoms with E-state index in [4.69, 9.17) is 5.73 Å². The van der Waals surface area contributed by atoms with E-state index in [0.29, 0.717) is 6.54 Å². The number of hydrogen-bond acceptors (Lipinski definition) is 3. The lowest BCUT2D eigenvalue weighted by Gasteiger charge is -2.32. The second-order valence-electron chi connectivity index (χ2n) is 4.64. The first-order chi connectivity index (χ1) is 7.19. The lowest BCUT2D eigenvalue weighted by atomic mass is 9.79. The number of thiophene rings is 1. The molecular formula is C12H19NOS. The van der Waals surface area contributed by atoms with E-state index in [0.717, 1.165) is 17.7 Å². The molecule has 84 valence electrons. The molecule has 1 fully saturated rings. The van der Waals surface area contributed by atoms with Crippen molar-refractivity contribution in [3.63, 3.8) is 0 Å². The van der Waals surface area contributed by atoms with Crippen molar-refractivity contribution in [1.29, 1.82) is 0 Å². The first kappa shape index (κ1) is 11.1. The van der Waals surface area contributed by atoms with Crippen molar-refractivity contribution < 1.29 is 5.11 Å². The van der Waals surface area contributed by atoms with Gasteiger partial charge in [-0.25, -0.2) is 0 Å². The minimum absolute atomic E-state index is 0.0460. The molecular weight excluding hydrogens is 206 g/mol. The van der Waals surface area contributed by atoms with Crippen LogP contribution in [0.3, 0.4) is 0 Å². The average Bonchev–Trinajstić information content (AvgIpc) is 2.86. The minimum atomic E-state index is -0.356. The van der Waals surface area contributed by atoms with Gasteiger partial charge in [0.1, 0.15) is 0 Å². The van der Waals surface area contributed by atoms with Crippen molar-refractivity contribution >= 4 is 11.3 Å². The number of aliphatic hydroxyl groups is 1. The zero-order chi connectivity index (χ0) is 10.9. The van der Waals surface area contributed by atoms with E-state index in [1.807, 2.05) is 5.38 Å². The van der Waals surface area contributed by atoms with Crippen LogP contribution in [-0.2, 0) is 0 Å². The molecule has 0 bridgehead atoms. The quantitative estimate of drug-likeness (QED) is 0.830. The standard InChI is InChI=1S/C12H19NOS/c1-9-4-7-15-10(9)11(14)12(8-13)5-2-3-6-12/h4,7,11,14H,2-3,5-6,8,13H2,1H3. The zero-order valence-electron chi connectivity index (χ0n) is 9.20. The smallest absolute Gasteiger partial charge is 0.0952 e. The summed E-state index contributed by atoms with van der Waals surface area (Å²) in [5.41, 5.74) is 7.03. The molecule has 1 aliphatic rings. The van der Waals surface area contributed by atoms with Gasteiger partial charge in [0.05, 0.1) is 6.10 Å². The summed E-state index contributed by atoms with van der Waals surface area (Å²) in [5, 5.41) is 12.5. The van der Waals surface area contributed by atoms with Gasteiger partial charge in [-0.05, 0) is 36.8 Å². The molecule has 1 heterocycles. The largest absolute Gasteiger partial charge is 0.387 e. The van der Waals surface area contributed by atoms with Gasteiger partial charge in [-0.3, -0.25) is 0 Å².